The third kappa shape index (κ3) is 11.9. The standard InChI is InChI=1S/C15H32N.Y/c1-9-10-16-15(7,8)12-14(5,6)11-13(2,3)4;/h16H,1,9-12H2,2-8H3;/q-1;+3. The van der Waals surface area contributed by atoms with Gasteiger partial charge in [-0.15, -0.1) is 0 Å². The molecule has 2 heteroatoms. The molecule has 0 unspecified atom stereocenters. The molecule has 0 radical (unpaired) electrons. The summed E-state index contributed by atoms with van der Waals surface area (Å²) in [6.45, 7) is 21.2. The Labute approximate surface area is 135 Å². The van der Waals surface area contributed by atoms with E-state index >= 15 is 0 Å². The van der Waals surface area contributed by atoms with Gasteiger partial charge in [0.15, 0.2) is 0 Å². The van der Waals surface area contributed by atoms with Crippen LogP contribution in [-0.4, -0.2) is 12.1 Å². The topological polar surface area (TPSA) is 12.0 Å². The largest absolute Gasteiger partial charge is 3.00 e. The minimum atomic E-state index is 0. The van der Waals surface area contributed by atoms with Crippen molar-refractivity contribution >= 4 is 0 Å². The zero-order valence-corrected chi connectivity index (χ0v) is 16.0. The summed E-state index contributed by atoms with van der Waals surface area (Å²) in [5, 5.41) is 3.59. The fraction of sp³-hybridized carbons (Fsp3) is 0.933. The Kier molecular flexibility index (Phi) is 9.12. The SMILES string of the molecule is [CH2-]CCNC(C)(C)CC(C)(C)CC(C)(C)C.[Y+3]. The van der Waals surface area contributed by atoms with E-state index in [1.54, 1.807) is 0 Å². The van der Waals surface area contributed by atoms with Gasteiger partial charge in [0.2, 0.25) is 0 Å². The maximum atomic E-state index is 3.88. The third-order valence-electron chi connectivity index (χ3n) is 2.71. The molecule has 0 rings (SSSR count). The monoisotopic (exact) mass is 315 g/mol. The van der Waals surface area contributed by atoms with Gasteiger partial charge >= 0.3 is 32.7 Å². The van der Waals surface area contributed by atoms with Crippen molar-refractivity contribution in [2.75, 3.05) is 6.54 Å². The normalized spacial score (nSPS) is 13.4. The maximum absolute atomic E-state index is 3.88. The number of rotatable bonds is 6. The molecule has 0 atom stereocenters. The summed E-state index contributed by atoms with van der Waals surface area (Å²) >= 11 is 0. The summed E-state index contributed by atoms with van der Waals surface area (Å²) in [4.78, 5) is 0. The summed E-state index contributed by atoms with van der Waals surface area (Å²) in [5.74, 6) is 0. The molecular formula is C15H32NY+2. The quantitative estimate of drug-likeness (QED) is 0.715. The number of nitrogens with one attached hydrogen (secondary N) is 1. The van der Waals surface area contributed by atoms with Crippen LogP contribution in [0.15, 0.2) is 0 Å². The van der Waals surface area contributed by atoms with Gasteiger partial charge < -0.3 is 12.2 Å². The Morgan fingerprint density at radius 2 is 1.35 bits per heavy atom. The molecule has 0 saturated heterocycles. The van der Waals surface area contributed by atoms with Crippen molar-refractivity contribution in [2.45, 2.75) is 73.3 Å². The molecule has 1 nitrogen and oxygen atoms in total. The van der Waals surface area contributed by atoms with Crippen molar-refractivity contribution in [3.8, 4) is 0 Å². The molecule has 0 aliphatic carbocycles. The van der Waals surface area contributed by atoms with Crippen LogP contribution >= 0.6 is 0 Å². The van der Waals surface area contributed by atoms with Gasteiger partial charge in [0.25, 0.3) is 0 Å². The second-order valence-corrected chi connectivity index (χ2v) is 7.74. The molecule has 0 heterocycles. The van der Waals surface area contributed by atoms with Crippen LogP contribution < -0.4 is 5.32 Å². The van der Waals surface area contributed by atoms with Gasteiger partial charge in [-0.2, -0.15) is 6.42 Å². The Morgan fingerprint density at radius 3 is 1.71 bits per heavy atom. The first-order valence-electron chi connectivity index (χ1n) is 6.52. The van der Waals surface area contributed by atoms with Gasteiger partial charge in [-0.25, -0.2) is 0 Å². The minimum absolute atomic E-state index is 0. The number of hydrogen-bond donors (Lipinski definition) is 1. The Morgan fingerprint density at radius 1 is 0.882 bits per heavy atom. The fourth-order valence-electron chi connectivity index (χ4n) is 3.18. The molecule has 1 N–H and O–H groups in total. The third-order valence-corrected chi connectivity index (χ3v) is 2.71. The van der Waals surface area contributed by atoms with Crippen molar-refractivity contribution in [2.24, 2.45) is 10.8 Å². The Hall–Kier alpha value is 1.06. The van der Waals surface area contributed by atoms with Gasteiger partial charge in [0.1, 0.15) is 0 Å². The summed E-state index contributed by atoms with van der Waals surface area (Å²) in [6.07, 6.45) is 3.43. The molecule has 0 aliphatic rings. The van der Waals surface area contributed by atoms with Crippen LogP contribution in [0.1, 0.15) is 67.7 Å². The van der Waals surface area contributed by atoms with Gasteiger partial charge in [0, 0.05) is 5.54 Å². The molecule has 0 amide bonds. The summed E-state index contributed by atoms with van der Waals surface area (Å²) < 4.78 is 0. The van der Waals surface area contributed by atoms with Crippen LogP contribution in [0.5, 0.6) is 0 Å². The van der Waals surface area contributed by atoms with E-state index in [9.17, 15) is 0 Å². The zero-order chi connectivity index (χ0) is 13.0. The predicted octanol–water partition coefficient (Wildman–Crippen LogP) is 4.43. The molecule has 98 valence electrons. The summed E-state index contributed by atoms with van der Waals surface area (Å²) in [6, 6.07) is 0. The van der Waals surface area contributed by atoms with Crippen molar-refractivity contribution in [3.05, 3.63) is 6.92 Å². The van der Waals surface area contributed by atoms with Crippen LogP contribution in [0, 0.1) is 17.8 Å². The van der Waals surface area contributed by atoms with E-state index in [1.807, 2.05) is 0 Å². The molecular weight excluding hydrogens is 283 g/mol. The summed E-state index contributed by atoms with van der Waals surface area (Å²) in [7, 11) is 0. The van der Waals surface area contributed by atoms with Crippen molar-refractivity contribution in [1.29, 1.82) is 0 Å². The second kappa shape index (κ2) is 7.60. The van der Waals surface area contributed by atoms with E-state index < -0.39 is 0 Å². The van der Waals surface area contributed by atoms with Crippen molar-refractivity contribution in [3.63, 3.8) is 0 Å². The van der Waals surface area contributed by atoms with E-state index in [0.29, 0.717) is 10.8 Å². The second-order valence-electron chi connectivity index (χ2n) is 7.74. The first-order valence-corrected chi connectivity index (χ1v) is 6.52. The van der Waals surface area contributed by atoms with E-state index in [2.05, 4.69) is 60.7 Å². The smallest absolute Gasteiger partial charge is 0.342 e. The molecule has 0 aromatic heterocycles. The fourth-order valence-corrected chi connectivity index (χ4v) is 3.18. The average Bonchev–Trinajstić information content (AvgIpc) is 1.93. The van der Waals surface area contributed by atoms with Gasteiger partial charge in [-0.05, 0) is 44.1 Å². The van der Waals surface area contributed by atoms with E-state index in [-0.39, 0.29) is 38.2 Å². The van der Waals surface area contributed by atoms with Gasteiger partial charge in [0.05, 0.1) is 0 Å². The van der Waals surface area contributed by atoms with Crippen LogP contribution in [0.25, 0.3) is 0 Å². The van der Waals surface area contributed by atoms with Crippen molar-refractivity contribution < 1.29 is 32.7 Å². The summed E-state index contributed by atoms with van der Waals surface area (Å²) in [5.41, 5.74) is 1.01. The Bertz CT molecular complexity index is 201. The van der Waals surface area contributed by atoms with E-state index in [1.165, 1.54) is 12.8 Å². The molecule has 17 heavy (non-hydrogen) atoms. The average molecular weight is 315 g/mol. The Balaban J connectivity index is 0. The minimum Gasteiger partial charge on any atom is -0.342 e. The first kappa shape index (κ1) is 20.4. The van der Waals surface area contributed by atoms with Crippen LogP contribution in [-0.2, 0) is 32.7 Å². The molecule has 0 aliphatic heterocycles. The van der Waals surface area contributed by atoms with E-state index in [4.69, 9.17) is 0 Å². The maximum Gasteiger partial charge on any atom is 3.00 e. The van der Waals surface area contributed by atoms with Gasteiger partial charge in [-0.3, -0.25) is 0 Å². The van der Waals surface area contributed by atoms with Crippen LogP contribution in [0.2, 0.25) is 0 Å². The van der Waals surface area contributed by atoms with Crippen LogP contribution in [0.3, 0.4) is 0 Å². The predicted molar refractivity (Wildman–Crippen MR) is 74.5 cm³/mol. The van der Waals surface area contributed by atoms with Crippen LogP contribution in [0.4, 0.5) is 0 Å². The molecule has 0 aromatic carbocycles. The molecule has 0 spiro atoms. The first-order chi connectivity index (χ1) is 6.97. The van der Waals surface area contributed by atoms with E-state index in [0.717, 1.165) is 13.0 Å². The molecule has 0 fully saturated rings. The molecule has 0 saturated carbocycles. The molecule has 0 bridgehead atoms. The van der Waals surface area contributed by atoms with Gasteiger partial charge in [-0.1, -0.05) is 34.6 Å². The number of hydrogen-bond acceptors (Lipinski definition) is 1. The van der Waals surface area contributed by atoms with Crippen molar-refractivity contribution in [1.82, 2.24) is 5.32 Å². The molecule has 0 aromatic rings. The zero-order valence-electron chi connectivity index (χ0n) is 13.1.